The Kier molecular flexibility index (Phi) is 4.88. The number of benzene rings is 4. The SMILES string of the molecule is [2H]C([2H])([2H])c1cnc(-c2cccc3c2oc2c4ccccc4ccc32)cc1-c1cc(C)c(C2([2H])CCC(C)(C)CC2)cc1C. The van der Waals surface area contributed by atoms with E-state index in [1.54, 1.807) is 0 Å². The average molecular weight is 528 g/mol. The second kappa shape index (κ2) is 9.34. The number of nitrogens with zero attached hydrogens (tertiary/aromatic N) is 1. The minimum atomic E-state index is -2.34. The van der Waals surface area contributed by atoms with Crippen LogP contribution in [0.2, 0.25) is 0 Å². The van der Waals surface area contributed by atoms with Gasteiger partial charge in [0, 0.05) is 33.4 Å². The summed E-state index contributed by atoms with van der Waals surface area (Å²) in [5.74, 6) is -0.625. The van der Waals surface area contributed by atoms with Gasteiger partial charge >= 0.3 is 0 Å². The zero-order chi connectivity index (χ0) is 31.0. The van der Waals surface area contributed by atoms with Crippen molar-refractivity contribution < 1.29 is 9.90 Å². The molecule has 7 rings (SSSR count). The Morgan fingerprint density at radius 2 is 1.52 bits per heavy atom. The van der Waals surface area contributed by atoms with Crippen molar-refractivity contribution in [1.29, 1.82) is 0 Å². The van der Waals surface area contributed by atoms with Gasteiger partial charge in [0.15, 0.2) is 0 Å². The minimum Gasteiger partial charge on any atom is -0.455 e. The van der Waals surface area contributed by atoms with Gasteiger partial charge in [-0.3, -0.25) is 4.98 Å². The highest BCUT2D eigenvalue weighted by molar-refractivity contribution is 6.17. The first-order valence-corrected chi connectivity index (χ1v) is 14.3. The molecule has 0 bridgehead atoms. The molecule has 4 aromatic carbocycles. The number of aryl methyl sites for hydroxylation is 3. The number of hydrogen-bond acceptors (Lipinski definition) is 2. The van der Waals surface area contributed by atoms with E-state index in [1.165, 1.54) is 6.20 Å². The highest BCUT2D eigenvalue weighted by Crippen LogP contribution is 2.45. The summed E-state index contributed by atoms with van der Waals surface area (Å²) in [6, 6.07) is 24.6. The summed E-state index contributed by atoms with van der Waals surface area (Å²) in [6.07, 6.45) is 5.21. The zero-order valence-corrected chi connectivity index (χ0v) is 23.7. The van der Waals surface area contributed by atoms with Gasteiger partial charge in [-0.25, -0.2) is 0 Å². The molecule has 0 N–H and O–H groups in total. The quantitative estimate of drug-likeness (QED) is 0.229. The molecule has 1 saturated carbocycles. The summed E-state index contributed by atoms with van der Waals surface area (Å²) in [5.41, 5.74) is 8.10. The highest BCUT2D eigenvalue weighted by Gasteiger charge is 2.28. The lowest BCUT2D eigenvalue weighted by Gasteiger charge is -2.35. The van der Waals surface area contributed by atoms with Crippen molar-refractivity contribution in [3.8, 4) is 22.4 Å². The van der Waals surface area contributed by atoms with Crippen molar-refractivity contribution in [1.82, 2.24) is 4.98 Å². The fourth-order valence-corrected chi connectivity index (χ4v) is 6.54. The first kappa shape index (κ1) is 20.9. The smallest absolute Gasteiger partial charge is 0.144 e. The monoisotopic (exact) mass is 527 g/mol. The molecule has 1 aliphatic rings. The fraction of sp³-hybridized carbons (Fsp3) is 0.289. The van der Waals surface area contributed by atoms with Gasteiger partial charge in [-0.2, -0.15) is 0 Å². The topological polar surface area (TPSA) is 26.0 Å². The van der Waals surface area contributed by atoms with Gasteiger partial charge < -0.3 is 4.42 Å². The van der Waals surface area contributed by atoms with Crippen molar-refractivity contribution in [3.05, 3.63) is 101 Å². The lowest BCUT2D eigenvalue weighted by molar-refractivity contribution is 0.224. The summed E-state index contributed by atoms with van der Waals surface area (Å²) in [4.78, 5) is 4.70. The Hall–Kier alpha value is -3.91. The van der Waals surface area contributed by atoms with Crippen LogP contribution in [-0.4, -0.2) is 4.98 Å². The van der Waals surface area contributed by atoms with E-state index in [0.29, 0.717) is 11.3 Å². The summed E-state index contributed by atoms with van der Waals surface area (Å²) in [5, 5.41) is 4.21. The van der Waals surface area contributed by atoms with Crippen LogP contribution in [0.5, 0.6) is 0 Å². The van der Waals surface area contributed by atoms with Gasteiger partial charge in [0.2, 0.25) is 0 Å². The van der Waals surface area contributed by atoms with Crippen molar-refractivity contribution in [2.24, 2.45) is 5.41 Å². The fourth-order valence-electron chi connectivity index (χ4n) is 6.54. The molecule has 2 heterocycles. The van der Waals surface area contributed by atoms with Gasteiger partial charge in [-0.15, -0.1) is 0 Å². The summed E-state index contributed by atoms with van der Waals surface area (Å²) < 4.78 is 41.1. The van der Waals surface area contributed by atoms with E-state index in [1.807, 2.05) is 37.3 Å². The van der Waals surface area contributed by atoms with Crippen LogP contribution in [-0.2, 0) is 0 Å². The van der Waals surface area contributed by atoms with E-state index in [0.717, 1.165) is 86.2 Å². The standard InChI is InChI=1S/C38H37NO/c1-23-20-33(24(2)19-32(23)27-15-17-38(4,5)18-16-27)34-21-35(39-22-25(34)3)31-12-8-11-29-30-14-13-26-9-6-7-10-28(26)36(30)40-37(29)31/h6-14,19-22,27H,15-18H2,1-5H3/i3D3,27D. The van der Waals surface area contributed by atoms with Crippen LogP contribution in [0.3, 0.4) is 0 Å². The molecule has 1 aliphatic carbocycles. The predicted molar refractivity (Wildman–Crippen MR) is 169 cm³/mol. The van der Waals surface area contributed by atoms with E-state index < -0.39 is 12.7 Å². The number of hydrogen-bond donors (Lipinski definition) is 0. The van der Waals surface area contributed by atoms with Crippen LogP contribution in [0.1, 0.15) is 73.2 Å². The molecule has 0 unspecified atom stereocenters. The van der Waals surface area contributed by atoms with Crippen LogP contribution < -0.4 is 0 Å². The molecule has 6 aromatic rings. The first-order valence-electron chi connectivity index (χ1n) is 16.3. The van der Waals surface area contributed by atoms with Crippen molar-refractivity contribution in [3.63, 3.8) is 0 Å². The van der Waals surface area contributed by atoms with E-state index >= 15 is 0 Å². The number of rotatable bonds is 3. The van der Waals surface area contributed by atoms with Gasteiger partial charge in [0.1, 0.15) is 11.2 Å². The first-order chi connectivity index (χ1) is 20.8. The van der Waals surface area contributed by atoms with E-state index in [2.05, 4.69) is 63.2 Å². The van der Waals surface area contributed by atoms with Crippen LogP contribution in [0, 0.1) is 26.1 Å². The van der Waals surface area contributed by atoms with Gasteiger partial charge in [-0.05, 0) is 115 Å². The second-order valence-electron chi connectivity index (χ2n) is 12.3. The van der Waals surface area contributed by atoms with E-state index in [4.69, 9.17) is 13.5 Å². The summed E-state index contributed by atoms with van der Waals surface area (Å²) in [6.45, 7) is 6.34. The second-order valence-corrected chi connectivity index (χ2v) is 12.3. The maximum Gasteiger partial charge on any atom is 0.144 e. The van der Waals surface area contributed by atoms with Crippen LogP contribution >= 0.6 is 0 Å². The molecular weight excluding hydrogens is 486 g/mol. The molecule has 1 fully saturated rings. The molecule has 0 amide bonds. The molecule has 0 aliphatic heterocycles. The number of fused-ring (bicyclic) bond motifs is 5. The Morgan fingerprint density at radius 1 is 0.775 bits per heavy atom. The van der Waals surface area contributed by atoms with E-state index in [-0.39, 0.29) is 11.0 Å². The lowest BCUT2D eigenvalue weighted by Crippen LogP contribution is -2.20. The molecule has 0 radical (unpaired) electrons. The minimum absolute atomic E-state index is 0.222. The molecular formula is C38H37NO. The van der Waals surface area contributed by atoms with Crippen LogP contribution in [0.25, 0.3) is 55.1 Å². The molecule has 2 aromatic heterocycles. The third kappa shape index (κ3) is 4.13. The van der Waals surface area contributed by atoms with Gasteiger partial charge in [0.25, 0.3) is 0 Å². The molecule has 200 valence electrons. The van der Waals surface area contributed by atoms with E-state index in [9.17, 15) is 1.37 Å². The number of pyridine rings is 1. The zero-order valence-electron chi connectivity index (χ0n) is 27.7. The highest BCUT2D eigenvalue weighted by atomic mass is 16.3. The molecule has 0 spiro atoms. The normalized spacial score (nSPS) is 18.4. The van der Waals surface area contributed by atoms with Crippen molar-refractivity contribution >= 4 is 32.7 Å². The molecule has 2 nitrogen and oxygen atoms in total. The largest absolute Gasteiger partial charge is 0.455 e. The number of aromatic nitrogens is 1. The van der Waals surface area contributed by atoms with Gasteiger partial charge in [-0.1, -0.05) is 68.4 Å². The Morgan fingerprint density at radius 3 is 2.35 bits per heavy atom. The molecule has 0 saturated heterocycles. The Balaban J connectivity index is 1.39. The summed E-state index contributed by atoms with van der Waals surface area (Å²) >= 11 is 0. The van der Waals surface area contributed by atoms with Crippen molar-refractivity contribution in [2.75, 3.05) is 0 Å². The number of para-hydroxylation sites is 1. The van der Waals surface area contributed by atoms with Gasteiger partial charge in [0.05, 0.1) is 5.69 Å². The van der Waals surface area contributed by atoms with Crippen LogP contribution in [0.15, 0.2) is 83.4 Å². The average Bonchev–Trinajstić information content (AvgIpc) is 3.38. The molecule has 40 heavy (non-hydrogen) atoms. The summed E-state index contributed by atoms with van der Waals surface area (Å²) in [7, 11) is 0. The van der Waals surface area contributed by atoms with Crippen molar-refractivity contribution in [2.45, 2.75) is 66.1 Å². The van der Waals surface area contributed by atoms with Crippen LogP contribution in [0.4, 0.5) is 0 Å². The Labute approximate surface area is 242 Å². The molecule has 0 atom stereocenters. The third-order valence-electron chi connectivity index (χ3n) is 9.02. The Bertz CT molecular complexity index is 2080. The molecule has 2 heteroatoms. The maximum absolute atomic E-state index is 9.40. The predicted octanol–water partition coefficient (Wildman–Crippen LogP) is 11.1. The maximum atomic E-state index is 9.40. The number of furan rings is 1. The lowest BCUT2D eigenvalue weighted by atomic mass is 9.70. The third-order valence-corrected chi connectivity index (χ3v) is 9.02.